The number of Topliss-reactive ketones (excluding diaryl/α,β-unsaturated/α-hetero) is 1. The van der Waals surface area contributed by atoms with Gasteiger partial charge < -0.3 is 14.7 Å². The van der Waals surface area contributed by atoms with Crippen molar-refractivity contribution in [1.82, 2.24) is 4.90 Å². The van der Waals surface area contributed by atoms with Gasteiger partial charge in [0.1, 0.15) is 11.5 Å². The smallest absolute Gasteiger partial charge is 0.135 e. The van der Waals surface area contributed by atoms with Gasteiger partial charge in [0.15, 0.2) is 0 Å². The molecule has 1 aromatic carbocycles. The topological polar surface area (TPSA) is 49.8 Å². The molecule has 1 N–H and O–H groups in total. The summed E-state index contributed by atoms with van der Waals surface area (Å²) in [7, 11) is 0. The van der Waals surface area contributed by atoms with E-state index >= 15 is 0 Å². The van der Waals surface area contributed by atoms with E-state index in [1.54, 1.807) is 0 Å². The molecule has 4 nitrogen and oxygen atoms in total. The molecular weight excluding hydrogens is 254 g/mol. The van der Waals surface area contributed by atoms with Crippen molar-refractivity contribution in [3.05, 3.63) is 29.8 Å². The normalized spacial score (nSPS) is 18.0. The third-order valence-corrected chi connectivity index (χ3v) is 3.71. The van der Waals surface area contributed by atoms with Crippen molar-refractivity contribution in [2.24, 2.45) is 0 Å². The molecule has 0 aromatic heterocycles. The Morgan fingerprint density at radius 3 is 2.50 bits per heavy atom. The van der Waals surface area contributed by atoms with Crippen LogP contribution in [0.1, 0.15) is 37.9 Å². The number of aliphatic hydroxyl groups excluding tert-OH is 1. The zero-order valence-electron chi connectivity index (χ0n) is 12.0. The van der Waals surface area contributed by atoms with Gasteiger partial charge >= 0.3 is 0 Å². The number of nitrogens with zero attached hydrogens (tertiary/aromatic N) is 1. The lowest BCUT2D eigenvalue weighted by molar-refractivity contribution is -0.121. The van der Waals surface area contributed by atoms with Crippen molar-refractivity contribution in [2.45, 2.75) is 32.3 Å². The number of piperidine rings is 1. The van der Waals surface area contributed by atoms with Crippen molar-refractivity contribution >= 4 is 5.78 Å². The number of aliphatic hydroxyl groups is 1. The fourth-order valence-electron chi connectivity index (χ4n) is 2.45. The number of hydrogen-bond acceptors (Lipinski definition) is 4. The van der Waals surface area contributed by atoms with Crippen LogP contribution in [0.25, 0.3) is 0 Å². The van der Waals surface area contributed by atoms with Crippen LogP contribution in [0.2, 0.25) is 0 Å². The summed E-state index contributed by atoms with van der Waals surface area (Å²) >= 11 is 0. The molecule has 0 spiro atoms. The maximum atomic E-state index is 11.2. The van der Waals surface area contributed by atoms with Crippen LogP contribution in [-0.4, -0.2) is 42.0 Å². The molecule has 1 aromatic rings. The van der Waals surface area contributed by atoms with Gasteiger partial charge in [0.25, 0.3) is 0 Å². The van der Waals surface area contributed by atoms with E-state index in [1.807, 2.05) is 31.2 Å². The minimum atomic E-state index is -0.455. The summed E-state index contributed by atoms with van der Waals surface area (Å²) in [6.07, 6.45) is 1.55. The van der Waals surface area contributed by atoms with Gasteiger partial charge in [0.2, 0.25) is 0 Å². The Balaban J connectivity index is 1.79. The summed E-state index contributed by atoms with van der Waals surface area (Å²) < 4.78 is 5.38. The zero-order valence-corrected chi connectivity index (χ0v) is 12.0. The average molecular weight is 277 g/mol. The highest BCUT2D eigenvalue weighted by Gasteiger charge is 2.17. The van der Waals surface area contributed by atoms with E-state index in [4.69, 9.17) is 4.74 Å². The first-order valence-corrected chi connectivity index (χ1v) is 7.34. The number of carbonyl (C=O) groups is 1. The molecule has 1 atom stereocenters. The average Bonchev–Trinajstić information content (AvgIpc) is 2.47. The Morgan fingerprint density at radius 1 is 1.25 bits per heavy atom. The maximum absolute atomic E-state index is 11.2. The number of rotatable bonds is 6. The molecule has 1 aliphatic heterocycles. The molecule has 0 amide bonds. The van der Waals surface area contributed by atoms with Crippen LogP contribution in [-0.2, 0) is 4.79 Å². The van der Waals surface area contributed by atoms with Crippen LogP contribution in [0.3, 0.4) is 0 Å². The molecule has 1 saturated heterocycles. The first-order valence-electron chi connectivity index (χ1n) is 7.34. The summed E-state index contributed by atoms with van der Waals surface area (Å²) in [5, 5.41) is 10.2. The summed E-state index contributed by atoms with van der Waals surface area (Å²) in [6, 6.07) is 7.61. The first-order chi connectivity index (χ1) is 9.69. The van der Waals surface area contributed by atoms with Crippen molar-refractivity contribution < 1.29 is 14.6 Å². The van der Waals surface area contributed by atoms with Gasteiger partial charge in [-0.2, -0.15) is 0 Å². The van der Waals surface area contributed by atoms with Gasteiger partial charge in [0.05, 0.1) is 12.7 Å². The highest BCUT2D eigenvalue weighted by molar-refractivity contribution is 5.79. The summed E-state index contributed by atoms with van der Waals surface area (Å²) in [5.74, 6) is 1.19. The zero-order chi connectivity index (χ0) is 14.4. The SMILES string of the molecule is CCOc1ccc(C(O)CCN2CCC(=O)CC2)cc1. The molecular formula is C16H23NO3. The third-order valence-electron chi connectivity index (χ3n) is 3.71. The molecule has 0 aliphatic carbocycles. The Kier molecular flexibility index (Phi) is 5.56. The molecule has 0 radical (unpaired) electrons. The lowest BCUT2D eigenvalue weighted by Crippen LogP contribution is -2.35. The highest BCUT2D eigenvalue weighted by atomic mass is 16.5. The van der Waals surface area contributed by atoms with Crippen LogP contribution >= 0.6 is 0 Å². The highest BCUT2D eigenvalue weighted by Crippen LogP contribution is 2.21. The molecule has 1 fully saturated rings. The molecule has 0 saturated carbocycles. The number of benzene rings is 1. The number of ketones is 1. The molecule has 1 aliphatic rings. The van der Waals surface area contributed by atoms with Crippen LogP contribution in [0, 0.1) is 0 Å². The Morgan fingerprint density at radius 2 is 1.90 bits per heavy atom. The minimum absolute atomic E-state index is 0.355. The predicted molar refractivity (Wildman–Crippen MR) is 77.9 cm³/mol. The van der Waals surface area contributed by atoms with Crippen LogP contribution in [0.5, 0.6) is 5.75 Å². The van der Waals surface area contributed by atoms with E-state index < -0.39 is 6.10 Å². The number of likely N-dealkylation sites (tertiary alicyclic amines) is 1. The fourth-order valence-corrected chi connectivity index (χ4v) is 2.45. The lowest BCUT2D eigenvalue weighted by atomic mass is 10.0. The Bertz CT molecular complexity index is 420. The van der Waals surface area contributed by atoms with Gasteiger partial charge in [-0.05, 0) is 31.0 Å². The molecule has 2 rings (SSSR count). The Hall–Kier alpha value is -1.39. The summed E-state index contributed by atoms with van der Waals surface area (Å²) in [5.41, 5.74) is 0.918. The van der Waals surface area contributed by atoms with E-state index in [0.29, 0.717) is 31.7 Å². The molecule has 1 heterocycles. The van der Waals surface area contributed by atoms with Crippen LogP contribution in [0.4, 0.5) is 0 Å². The maximum Gasteiger partial charge on any atom is 0.135 e. The summed E-state index contributed by atoms with van der Waals surface area (Å²) in [4.78, 5) is 13.4. The van der Waals surface area contributed by atoms with Gasteiger partial charge in [-0.1, -0.05) is 12.1 Å². The second-order valence-corrected chi connectivity index (χ2v) is 5.19. The van der Waals surface area contributed by atoms with Crippen LogP contribution < -0.4 is 4.74 Å². The second kappa shape index (κ2) is 7.41. The van der Waals surface area contributed by atoms with Crippen molar-refractivity contribution in [3.8, 4) is 5.75 Å². The molecule has 1 unspecified atom stereocenters. The number of ether oxygens (including phenoxy) is 1. The first kappa shape index (κ1) is 15.0. The van der Waals surface area contributed by atoms with E-state index in [2.05, 4.69) is 4.90 Å². The van der Waals surface area contributed by atoms with Gasteiger partial charge in [-0.3, -0.25) is 4.79 Å². The minimum Gasteiger partial charge on any atom is -0.494 e. The molecule has 0 bridgehead atoms. The number of hydrogen-bond donors (Lipinski definition) is 1. The van der Waals surface area contributed by atoms with E-state index in [-0.39, 0.29) is 0 Å². The van der Waals surface area contributed by atoms with E-state index in [1.165, 1.54) is 0 Å². The largest absolute Gasteiger partial charge is 0.494 e. The van der Waals surface area contributed by atoms with Gasteiger partial charge in [0, 0.05) is 32.5 Å². The molecule has 4 heteroatoms. The summed E-state index contributed by atoms with van der Waals surface area (Å²) in [6.45, 7) is 5.09. The lowest BCUT2D eigenvalue weighted by Gasteiger charge is -2.26. The quantitative estimate of drug-likeness (QED) is 0.866. The third kappa shape index (κ3) is 4.32. The van der Waals surface area contributed by atoms with E-state index in [9.17, 15) is 9.90 Å². The number of carbonyl (C=O) groups excluding carboxylic acids is 1. The van der Waals surface area contributed by atoms with Crippen molar-refractivity contribution in [2.75, 3.05) is 26.2 Å². The van der Waals surface area contributed by atoms with Crippen molar-refractivity contribution in [3.63, 3.8) is 0 Å². The fraction of sp³-hybridized carbons (Fsp3) is 0.562. The molecule has 110 valence electrons. The standard InChI is InChI=1S/C16H23NO3/c1-2-20-15-5-3-13(4-6-15)16(19)9-12-17-10-7-14(18)8-11-17/h3-6,16,19H,2,7-12H2,1H3. The Labute approximate surface area is 120 Å². The predicted octanol–water partition coefficient (Wildman–Crippen LogP) is 2.17. The van der Waals surface area contributed by atoms with E-state index in [0.717, 1.165) is 30.9 Å². The van der Waals surface area contributed by atoms with Gasteiger partial charge in [-0.25, -0.2) is 0 Å². The monoisotopic (exact) mass is 277 g/mol. The second-order valence-electron chi connectivity index (χ2n) is 5.19. The van der Waals surface area contributed by atoms with Crippen molar-refractivity contribution in [1.29, 1.82) is 0 Å². The molecule has 20 heavy (non-hydrogen) atoms. The van der Waals surface area contributed by atoms with Gasteiger partial charge in [-0.15, -0.1) is 0 Å². The van der Waals surface area contributed by atoms with Crippen LogP contribution in [0.15, 0.2) is 24.3 Å².